The SMILES string of the molecule is CCCCOc1cc(OC(F)F)ccc1C(=O)O. The number of carboxylic acids is 1. The highest BCUT2D eigenvalue weighted by molar-refractivity contribution is 5.91. The van der Waals surface area contributed by atoms with Gasteiger partial charge in [0.1, 0.15) is 17.1 Å². The molecule has 1 aromatic carbocycles. The summed E-state index contributed by atoms with van der Waals surface area (Å²) >= 11 is 0. The molecular weight excluding hydrogens is 246 g/mol. The minimum absolute atomic E-state index is 0.0362. The van der Waals surface area contributed by atoms with Crippen molar-refractivity contribution in [2.75, 3.05) is 6.61 Å². The number of rotatable bonds is 7. The summed E-state index contributed by atoms with van der Waals surface area (Å²) in [6.07, 6.45) is 1.63. The molecule has 0 amide bonds. The third-order valence-corrected chi connectivity index (χ3v) is 2.16. The Kier molecular flexibility index (Phi) is 5.35. The number of halogens is 2. The monoisotopic (exact) mass is 260 g/mol. The van der Waals surface area contributed by atoms with E-state index in [-0.39, 0.29) is 17.1 Å². The summed E-state index contributed by atoms with van der Waals surface area (Å²) in [6, 6.07) is 3.51. The summed E-state index contributed by atoms with van der Waals surface area (Å²) in [5, 5.41) is 8.93. The van der Waals surface area contributed by atoms with Crippen LogP contribution in [0.25, 0.3) is 0 Å². The minimum Gasteiger partial charge on any atom is -0.493 e. The summed E-state index contributed by atoms with van der Waals surface area (Å²) in [6.45, 7) is -0.670. The zero-order valence-corrected chi connectivity index (χ0v) is 9.86. The topological polar surface area (TPSA) is 55.8 Å². The van der Waals surface area contributed by atoms with E-state index in [9.17, 15) is 13.6 Å². The van der Waals surface area contributed by atoms with Gasteiger partial charge in [0.15, 0.2) is 0 Å². The Labute approximate surface area is 103 Å². The van der Waals surface area contributed by atoms with Crippen LogP contribution in [0.4, 0.5) is 8.78 Å². The lowest BCUT2D eigenvalue weighted by molar-refractivity contribution is -0.0499. The molecular formula is C12H14F2O4. The summed E-state index contributed by atoms with van der Waals surface area (Å²) in [7, 11) is 0. The van der Waals surface area contributed by atoms with E-state index >= 15 is 0 Å². The van der Waals surface area contributed by atoms with E-state index in [0.29, 0.717) is 6.61 Å². The van der Waals surface area contributed by atoms with Crippen LogP contribution in [0.3, 0.4) is 0 Å². The maximum absolute atomic E-state index is 12.0. The highest BCUT2D eigenvalue weighted by Crippen LogP contribution is 2.26. The Morgan fingerprint density at radius 3 is 2.72 bits per heavy atom. The second kappa shape index (κ2) is 6.78. The molecule has 0 aliphatic carbocycles. The van der Waals surface area contributed by atoms with E-state index in [4.69, 9.17) is 9.84 Å². The van der Waals surface area contributed by atoms with E-state index in [1.807, 2.05) is 6.92 Å². The second-order valence-electron chi connectivity index (χ2n) is 3.54. The summed E-state index contributed by atoms with van der Waals surface area (Å²) in [4.78, 5) is 10.9. The number of alkyl halides is 2. The van der Waals surface area contributed by atoms with Gasteiger partial charge in [-0.05, 0) is 18.6 Å². The molecule has 18 heavy (non-hydrogen) atoms. The number of benzene rings is 1. The van der Waals surface area contributed by atoms with E-state index in [1.165, 1.54) is 12.1 Å². The average molecular weight is 260 g/mol. The molecule has 0 saturated heterocycles. The Balaban J connectivity index is 2.88. The first-order valence-electron chi connectivity index (χ1n) is 5.49. The number of unbranched alkanes of at least 4 members (excludes halogenated alkanes) is 1. The lowest BCUT2D eigenvalue weighted by Gasteiger charge is -2.11. The van der Waals surface area contributed by atoms with E-state index in [0.717, 1.165) is 18.9 Å². The van der Waals surface area contributed by atoms with Crippen molar-refractivity contribution in [2.24, 2.45) is 0 Å². The molecule has 0 saturated carbocycles. The Morgan fingerprint density at radius 1 is 1.44 bits per heavy atom. The molecule has 0 radical (unpaired) electrons. The molecule has 0 aromatic heterocycles. The van der Waals surface area contributed by atoms with Gasteiger partial charge in [-0.15, -0.1) is 0 Å². The Hall–Kier alpha value is -1.85. The standard InChI is InChI=1S/C12H14F2O4/c1-2-3-6-17-10-7-8(18-12(13)14)4-5-9(10)11(15)16/h4-5,7,12H,2-3,6H2,1H3,(H,15,16). The van der Waals surface area contributed by atoms with Gasteiger partial charge < -0.3 is 14.6 Å². The van der Waals surface area contributed by atoms with Crippen LogP contribution < -0.4 is 9.47 Å². The molecule has 0 heterocycles. The average Bonchev–Trinajstić information content (AvgIpc) is 2.28. The zero-order chi connectivity index (χ0) is 13.5. The normalized spacial score (nSPS) is 10.4. The summed E-state index contributed by atoms with van der Waals surface area (Å²) in [5.41, 5.74) is -0.0762. The van der Waals surface area contributed by atoms with Crippen molar-refractivity contribution in [3.63, 3.8) is 0 Å². The van der Waals surface area contributed by atoms with Crippen LogP contribution in [0.5, 0.6) is 11.5 Å². The molecule has 100 valence electrons. The van der Waals surface area contributed by atoms with Gasteiger partial charge in [0.2, 0.25) is 0 Å². The molecule has 1 rings (SSSR count). The van der Waals surface area contributed by atoms with Crippen molar-refractivity contribution >= 4 is 5.97 Å². The number of carbonyl (C=O) groups is 1. The van der Waals surface area contributed by atoms with Crippen molar-refractivity contribution in [3.05, 3.63) is 23.8 Å². The lowest BCUT2D eigenvalue weighted by atomic mass is 10.2. The van der Waals surface area contributed by atoms with Gasteiger partial charge >= 0.3 is 12.6 Å². The van der Waals surface area contributed by atoms with Crippen LogP contribution in [0, 0.1) is 0 Å². The Bertz CT molecular complexity index is 407. The number of carboxylic acid groups (broad SMARTS) is 1. The van der Waals surface area contributed by atoms with Crippen LogP contribution in [0.15, 0.2) is 18.2 Å². The molecule has 0 atom stereocenters. The van der Waals surface area contributed by atoms with Crippen LogP contribution in [0.1, 0.15) is 30.1 Å². The molecule has 0 unspecified atom stereocenters. The lowest BCUT2D eigenvalue weighted by Crippen LogP contribution is -2.06. The molecule has 0 fully saturated rings. The predicted octanol–water partition coefficient (Wildman–Crippen LogP) is 3.17. The fourth-order valence-corrected chi connectivity index (χ4v) is 1.30. The maximum Gasteiger partial charge on any atom is 0.387 e. The molecule has 6 heteroatoms. The van der Waals surface area contributed by atoms with Crippen LogP contribution in [0.2, 0.25) is 0 Å². The van der Waals surface area contributed by atoms with Crippen molar-refractivity contribution in [1.82, 2.24) is 0 Å². The van der Waals surface area contributed by atoms with Gasteiger partial charge in [-0.3, -0.25) is 0 Å². The first-order valence-corrected chi connectivity index (χ1v) is 5.49. The third-order valence-electron chi connectivity index (χ3n) is 2.16. The molecule has 0 bridgehead atoms. The van der Waals surface area contributed by atoms with Crippen LogP contribution in [-0.4, -0.2) is 24.3 Å². The molecule has 1 N–H and O–H groups in total. The number of aromatic carboxylic acids is 1. The fourth-order valence-electron chi connectivity index (χ4n) is 1.30. The smallest absolute Gasteiger partial charge is 0.387 e. The molecule has 0 aliphatic heterocycles. The number of ether oxygens (including phenoxy) is 2. The van der Waals surface area contributed by atoms with Crippen LogP contribution in [-0.2, 0) is 0 Å². The van der Waals surface area contributed by atoms with Gasteiger partial charge in [-0.2, -0.15) is 8.78 Å². The van der Waals surface area contributed by atoms with Gasteiger partial charge in [-0.25, -0.2) is 4.79 Å². The first kappa shape index (κ1) is 14.2. The molecule has 1 aromatic rings. The largest absolute Gasteiger partial charge is 0.493 e. The van der Waals surface area contributed by atoms with Crippen LogP contribution >= 0.6 is 0 Å². The van der Waals surface area contributed by atoms with E-state index in [1.54, 1.807) is 0 Å². The Morgan fingerprint density at radius 2 is 2.17 bits per heavy atom. The van der Waals surface area contributed by atoms with E-state index in [2.05, 4.69) is 4.74 Å². The van der Waals surface area contributed by atoms with Gasteiger partial charge in [0, 0.05) is 6.07 Å². The minimum atomic E-state index is -2.95. The quantitative estimate of drug-likeness (QED) is 0.765. The highest BCUT2D eigenvalue weighted by atomic mass is 19.3. The predicted molar refractivity (Wildman–Crippen MR) is 60.4 cm³/mol. The third kappa shape index (κ3) is 4.20. The van der Waals surface area contributed by atoms with Gasteiger partial charge in [0.25, 0.3) is 0 Å². The van der Waals surface area contributed by atoms with Crippen molar-refractivity contribution in [3.8, 4) is 11.5 Å². The fraction of sp³-hybridized carbons (Fsp3) is 0.417. The van der Waals surface area contributed by atoms with Crippen molar-refractivity contribution < 1.29 is 28.2 Å². The zero-order valence-electron chi connectivity index (χ0n) is 9.86. The molecule has 0 spiro atoms. The summed E-state index contributed by atoms with van der Waals surface area (Å²) < 4.78 is 33.5. The second-order valence-corrected chi connectivity index (χ2v) is 3.54. The number of hydrogen-bond donors (Lipinski definition) is 1. The van der Waals surface area contributed by atoms with E-state index < -0.39 is 12.6 Å². The first-order chi connectivity index (χ1) is 8.54. The summed E-state index contributed by atoms with van der Waals surface area (Å²) in [5.74, 6) is -1.26. The van der Waals surface area contributed by atoms with Crippen molar-refractivity contribution in [1.29, 1.82) is 0 Å². The molecule has 4 nitrogen and oxygen atoms in total. The number of hydrogen-bond acceptors (Lipinski definition) is 3. The maximum atomic E-state index is 12.0. The highest BCUT2D eigenvalue weighted by Gasteiger charge is 2.14. The van der Waals surface area contributed by atoms with Gasteiger partial charge in [0.05, 0.1) is 6.61 Å². The molecule has 0 aliphatic rings. The van der Waals surface area contributed by atoms with Crippen molar-refractivity contribution in [2.45, 2.75) is 26.4 Å². The van der Waals surface area contributed by atoms with Gasteiger partial charge in [-0.1, -0.05) is 13.3 Å².